The zero-order chi connectivity index (χ0) is 12.0. The Hall–Kier alpha value is -0.660. The number of nitrogens with one attached hydrogen (secondary N) is 2. The van der Waals surface area contributed by atoms with Gasteiger partial charge in [-0.1, -0.05) is 0 Å². The largest absolute Gasteiger partial charge is 0.481 e. The first kappa shape index (κ1) is 13.4. The third-order valence-corrected chi connectivity index (χ3v) is 3.95. The number of aliphatic carboxylic acids is 1. The Balaban J connectivity index is 2.17. The van der Waals surface area contributed by atoms with Gasteiger partial charge in [0.1, 0.15) is 0 Å². The molecule has 0 bridgehead atoms. The molecule has 7 heteroatoms. The fourth-order valence-electron chi connectivity index (χ4n) is 1.69. The molecule has 6 nitrogen and oxygen atoms in total. The molecule has 0 spiro atoms. The third-order valence-electron chi connectivity index (χ3n) is 2.56. The standard InChI is InChI=1S/C9H18N2O4S/c12-9(13)4-7-16(14,15)11-6-3-8-2-1-5-10-8/h8,10-11H,1-7H2,(H,12,13)/t8-/m0/s1. The fourth-order valence-corrected chi connectivity index (χ4v) is 2.70. The minimum Gasteiger partial charge on any atom is -0.481 e. The van der Waals surface area contributed by atoms with Gasteiger partial charge in [-0.2, -0.15) is 0 Å². The van der Waals surface area contributed by atoms with Crippen LogP contribution >= 0.6 is 0 Å². The van der Waals surface area contributed by atoms with Crippen molar-refractivity contribution in [1.29, 1.82) is 0 Å². The van der Waals surface area contributed by atoms with Crippen LogP contribution in [0.15, 0.2) is 0 Å². The highest BCUT2D eigenvalue weighted by atomic mass is 32.2. The van der Waals surface area contributed by atoms with Crippen LogP contribution in [-0.4, -0.2) is 44.4 Å². The molecule has 1 aliphatic rings. The number of sulfonamides is 1. The van der Waals surface area contributed by atoms with Gasteiger partial charge in [-0.05, 0) is 25.8 Å². The van der Waals surface area contributed by atoms with Crippen LogP contribution in [0.5, 0.6) is 0 Å². The van der Waals surface area contributed by atoms with Crippen molar-refractivity contribution in [3.05, 3.63) is 0 Å². The van der Waals surface area contributed by atoms with E-state index >= 15 is 0 Å². The number of hydrogen-bond acceptors (Lipinski definition) is 4. The summed E-state index contributed by atoms with van der Waals surface area (Å²) in [6, 6.07) is 0.391. The van der Waals surface area contributed by atoms with Crippen molar-refractivity contribution in [2.75, 3.05) is 18.8 Å². The first-order valence-corrected chi connectivity index (χ1v) is 7.07. The summed E-state index contributed by atoms with van der Waals surface area (Å²) in [4.78, 5) is 10.2. The Labute approximate surface area is 95.5 Å². The molecule has 0 aliphatic carbocycles. The van der Waals surface area contributed by atoms with E-state index in [4.69, 9.17) is 5.11 Å². The van der Waals surface area contributed by atoms with Gasteiger partial charge in [0.05, 0.1) is 12.2 Å². The minimum absolute atomic E-state index is 0.347. The SMILES string of the molecule is O=C(O)CCS(=O)(=O)NCC[C@@H]1CCCN1. The molecule has 0 radical (unpaired) electrons. The maximum atomic E-state index is 11.3. The van der Waals surface area contributed by atoms with E-state index in [1.54, 1.807) is 0 Å². The van der Waals surface area contributed by atoms with Crippen LogP contribution in [0.3, 0.4) is 0 Å². The van der Waals surface area contributed by atoms with E-state index in [0.29, 0.717) is 12.6 Å². The predicted molar refractivity (Wildman–Crippen MR) is 59.7 cm³/mol. The first-order valence-electron chi connectivity index (χ1n) is 5.42. The summed E-state index contributed by atoms with van der Waals surface area (Å²) in [5.74, 6) is -1.44. The highest BCUT2D eigenvalue weighted by molar-refractivity contribution is 7.89. The van der Waals surface area contributed by atoms with E-state index < -0.39 is 16.0 Å². The number of hydrogen-bond donors (Lipinski definition) is 3. The smallest absolute Gasteiger partial charge is 0.304 e. The Bertz CT molecular complexity index is 322. The molecule has 1 aliphatic heterocycles. The molecule has 0 aromatic rings. The van der Waals surface area contributed by atoms with Crippen LogP contribution in [0.2, 0.25) is 0 Å². The zero-order valence-electron chi connectivity index (χ0n) is 9.11. The second-order valence-corrected chi connectivity index (χ2v) is 5.87. The molecule has 0 saturated carbocycles. The van der Waals surface area contributed by atoms with Crippen molar-refractivity contribution in [3.63, 3.8) is 0 Å². The predicted octanol–water partition coefficient (Wildman–Crippen LogP) is -0.477. The summed E-state index contributed by atoms with van der Waals surface area (Å²) in [6.45, 7) is 1.37. The lowest BCUT2D eigenvalue weighted by atomic mass is 10.2. The molecule has 1 saturated heterocycles. The van der Waals surface area contributed by atoms with Gasteiger partial charge < -0.3 is 10.4 Å². The second kappa shape index (κ2) is 6.17. The Morgan fingerprint density at radius 1 is 1.50 bits per heavy atom. The lowest BCUT2D eigenvalue weighted by Crippen LogP contribution is -2.32. The Morgan fingerprint density at radius 2 is 2.25 bits per heavy atom. The minimum atomic E-state index is -3.43. The van der Waals surface area contributed by atoms with Crippen molar-refractivity contribution < 1.29 is 18.3 Å². The summed E-state index contributed by atoms with van der Waals surface area (Å²) >= 11 is 0. The molecule has 16 heavy (non-hydrogen) atoms. The van der Waals surface area contributed by atoms with Crippen LogP contribution in [0, 0.1) is 0 Å². The van der Waals surface area contributed by atoms with E-state index in [1.165, 1.54) is 0 Å². The van der Waals surface area contributed by atoms with Crippen LogP contribution in [-0.2, 0) is 14.8 Å². The van der Waals surface area contributed by atoms with Crippen molar-refractivity contribution in [3.8, 4) is 0 Å². The number of carbonyl (C=O) groups is 1. The molecule has 94 valence electrons. The van der Waals surface area contributed by atoms with Crippen LogP contribution in [0.25, 0.3) is 0 Å². The lowest BCUT2D eigenvalue weighted by Gasteiger charge is -2.10. The molecule has 1 atom stereocenters. The van der Waals surface area contributed by atoms with Crippen molar-refractivity contribution in [2.45, 2.75) is 31.7 Å². The van der Waals surface area contributed by atoms with Gasteiger partial charge in [0.2, 0.25) is 10.0 Å². The lowest BCUT2D eigenvalue weighted by molar-refractivity contribution is -0.136. The highest BCUT2D eigenvalue weighted by Gasteiger charge is 2.16. The van der Waals surface area contributed by atoms with Gasteiger partial charge in [0, 0.05) is 12.6 Å². The molecular formula is C9H18N2O4S. The summed E-state index contributed by atoms with van der Waals surface area (Å²) in [5.41, 5.74) is 0. The number of carboxylic acids is 1. The first-order chi connectivity index (χ1) is 7.49. The van der Waals surface area contributed by atoms with E-state index in [0.717, 1.165) is 25.8 Å². The topological polar surface area (TPSA) is 95.5 Å². The van der Waals surface area contributed by atoms with E-state index in [9.17, 15) is 13.2 Å². The van der Waals surface area contributed by atoms with Gasteiger partial charge in [0.25, 0.3) is 0 Å². The number of rotatable bonds is 7. The molecule has 0 amide bonds. The van der Waals surface area contributed by atoms with Gasteiger partial charge in [0.15, 0.2) is 0 Å². The summed E-state index contributed by atoms with van der Waals surface area (Å²) in [5, 5.41) is 11.6. The summed E-state index contributed by atoms with van der Waals surface area (Å²) < 4.78 is 25.0. The van der Waals surface area contributed by atoms with Crippen molar-refractivity contribution in [1.82, 2.24) is 10.0 Å². The molecule has 1 heterocycles. The van der Waals surface area contributed by atoms with Crippen molar-refractivity contribution >= 4 is 16.0 Å². The van der Waals surface area contributed by atoms with Gasteiger partial charge in [-0.25, -0.2) is 13.1 Å². The normalized spacial score (nSPS) is 21.1. The maximum absolute atomic E-state index is 11.3. The molecule has 1 fully saturated rings. The monoisotopic (exact) mass is 250 g/mol. The average Bonchev–Trinajstić information content (AvgIpc) is 2.68. The van der Waals surface area contributed by atoms with Crippen LogP contribution < -0.4 is 10.0 Å². The average molecular weight is 250 g/mol. The van der Waals surface area contributed by atoms with E-state index in [-0.39, 0.29) is 12.2 Å². The maximum Gasteiger partial charge on any atom is 0.304 e. The summed E-state index contributed by atoms with van der Waals surface area (Å²) in [6.07, 6.45) is 2.62. The molecule has 0 aromatic heterocycles. The van der Waals surface area contributed by atoms with Crippen molar-refractivity contribution in [2.24, 2.45) is 0 Å². The quantitative estimate of drug-likeness (QED) is 0.567. The summed E-state index contributed by atoms with van der Waals surface area (Å²) in [7, 11) is -3.43. The molecular weight excluding hydrogens is 232 g/mol. The number of carboxylic acid groups (broad SMARTS) is 1. The second-order valence-electron chi connectivity index (χ2n) is 3.94. The van der Waals surface area contributed by atoms with Gasteiger partial charge in [-0.3, -0.25) is 4.79 Å². The van der Waals surface area contributed by atoms with Gasteiger partial charge in [-0.15, -0.1) is 0 Å². The Kier molecular flexibility index (Phi) is 5.17. The van der Waals surface area contributed by atoms with Crippen LogP contribution in [0.1, 0.15) is 25.7 Å². The van der Waals surface area contributed by atoms with E-state index in [2.05, 4.69) is 10.0 Å². The zero-order valence-corrected chi connectivity index (χ0v) is 9.92. The molecule has 0 unspecified atom stereocenters. The van der Waals surface area contributed by atoms with E-state index in [1.807, 2.05) is 0 Å². The molecule has 1 rings (SSSR count). The molecule has 0 aromatic carbocycles. The third kappa shape index (κ3) is 5.43. The fraction of sp³-hybridized carbons (Fsp3) is 0.889. The highest BCUT2D eigenvalue weighted by Crippen LogP contribution is 2.07. The van der Waals surface area contributed by atoms with Gasteiger partial charge >= 0.3 is 5.97 Å². The molecule has 3 N–H and O–H groups in total. The van der Waals surface area contributed by atoms with Crippen LogP contribution in [0.4, 0.5) is 0 Å². The Morgan fingerprint density at radius 3 is 2.81 bits per heavy atom.